The van der Waals surface area contributed by atoms with Gasteiger partial charge in [-0.05, 0) is 51.2 Å². The lowest BCUT2D eigenvalue weighted by Crippen LogP contribution is -2.36. The number of hydrogen-bond donors (Lipinski definition) is 2. The Morgan fingerprint density at radius 3 is 2.70 bits per heavy atom. The second-order valence-corrected chi connectivity index (χ2v) is 6.03. The van der Waals surface area contributed by atoms with Gasteiger partial charge in [-0.1, -0.05) is 0 Å². The van der Waals surface area contributed by atoms with E-state index in [0.29, 0.717) is 12.3 Å². The lowest BCUT2D eigenvalue weighted by atomic mass is 9.93. The van der Waals surface area contributed by atoms with E-state index in [1.165, 1.54) is 12.8 Å². The minimum absolute atomic E-state index is 0.212. The van der Waals surface area contributed by atoms with Crippen molar-refractivity contribution < 1.29 is 9.90 Å². The highest BCUT2D eigenvalue weighted by Crippen LogP contribution is 2.18. The van der Waals surface area contributed by atoms with Gasteiger partial charge in [-0.3, -0.25) is 9.69 Å². The Morgan fingerprint density at radius 2 is 1.95 bits per heavy atom. The van der Waals surface area contributed by atoms with E-state index < -0.39 is 0 Å². The fourth-order valence-corrected chi connectivity index (χ4v) is 3.24. The molecule has 0 atom stereocenters. The molecule has 2 aliphatic rings. The molecule has 2 aliphatic heterocycles. The maximum atomic E-state index is 12.3. The zero-order chi connectivity index (χ0) is 14.2. The summed E-state index contributed by atoms with van der Waals surface area (Å²) in [6.45, 7) is 6.77. The minimum Gasteiger partial charge on any atom is -0.395 e. The number of carbonyl (C=O) groups excluding carboxylic acids is 1. The standard InChI is InChI=1S/C15H29N3O2/c19-13-12-17-8-1-9-18(11-10-17)15(20)3-2-14-4-6-16-7-5-14/h14,16,19H,1-13H2. The van der Waals surface area contributed by atoms with Gasteiger partial charge in [0.1, 0.15) is 0 Å². The van der Waals surface area contributed by atoms with Crippen molar-refractivity contribution >= 4 is 5.91 Å². The van der Waals surface area contributed by atoms with Crippen LogP contribution >= 0.6 is 0 Å². The molecule has 0 unspecified atom stereocenters. The monoisotopic (exact) mass is 283 g/mol. The quantitative estimate of drug-likeness (QED) is 0.762. The number of aliphatic hydroxyl groups excluding tert-OH is 1. The first-order valence-electron chi connectivity index (χ1n) is 8.11. The summed E-state index contributed by atoms with van der Waals surface area (Å²) in [7, 11) is 0. The summed E-state index contributed by atoms with van der Waals surface area (Å²) >= 11 is 0. The first-order valence-corrected chi connectivity index (χ1v) is 8.11. The van der Waals surface area contributed by atoms with Gasteiger partial charge in [0.05, 0.1) is 6.61 Å². The summed E-state index contributed by atoms with van der Waals surface area (Å²) in [6.07, 6.45) is 5.23. The molecule has 5 heteroatoms. The first-order chi connectivity index (χ1) is 9.79. The molecule has 0 aromatic rings. The van der Waals surface area contributed by atoms with Crippen molar-refractivity contribution in [2.75, 3.05) is 52.4 Å². The van der Waals surface area contributed by atoms with E-state index in [1.54, 1.807) is 0 Å². The van der Waals surface area contributed by atoms with Gasteiger partial charge in [-0.2, -0.15) is 0 Å². The number of piperidine rings is 1. The van der Waals surface area contributed by atoms with Crippen molar-refractivity contribution in [1.82, 2.24) is 15.1 Å². The van der Waals surface area contributed by atoms with Gasteiger partial charge in [0, 0.05) is 32.6 Å². The van der Waals surface area contributed by atoms with Crippen LogP contribution in [0.4, 0.5) is 0 Å². The Morgan fingerprint density at radius 1 is 1.15 bits per heavy atom. The van der Waals surface area contributed by atoms with Crippen LogP contribution in [0.25, 0.3) is 0 Å². The maximum absolute atomic E-state index is 12.3. The van der Waals surface area contributed by atoms with E-state index in [0.717, 1.165) is 64.6 Å². The van der Waals surface area contributed by atoms with Crippen LogP contribution in [0.1, 0.15) is 32.1 Å². The average Bonchev–Trinajstić information content (AvgIpc) is 2.72. The second-order valence-electron chi connectivity index (χ2n) is 6.03. The van der Waals surface area contributed by atoms with Gasteiger partial charge in [-0.15, -0.1) is 0 Å². The molecule has 1 amide bonds. The predicted molar refractivity (Wildman–Crippen MR) is 79.6 cm³/mol. The molecule has 2 saturated heterocycles. The van der Waals surface area contributed by atoms with E-state index in [1.807, 2.05) is 4.90 Å². The molecular formula is C15H29N3O2. The lowest BCUT2D eigenvalue weighted by molar-refractivity contribution is -0.131. The summed E-state index contributed by atoms with van der Waals surface area (Å²) < 4.78 is 0. The Kier molecular flexibility index (Phi) is 6.76. The fourth-order valence-electron chi connectivity index (χ4n) is 3.24. The van der Waals surface area contributed by atoms with Crippen molar-refractivity contribution in [3.8, 4) is 0 Å². The number of hydrogen-bond acceptors (Lipinski definition) is 4. The van der Waals surface area contributed by atoms with Gasteiger partial charge in [0.2, 0.25) is 5.91 Å². The number of rotatable bonds is 5. The largest absolute Gasteiger partial charge is 0.395 e. The van der Waals surface area contributed by atoms with Crippen molar-refractivity contribution in [2.24, 2.45) is 5.92 Å². The molecule has 0 aromatic heterocycles. The van der Waals surface area contributed by atoms with Crippen LogP contribution in [0.5, 0.6) is 0 Å². The lowest BCUT2D eigenvalue weighted by Gasteiger charge is -2.25. The Labute approximate surface area is 122 Å². The third kappa shape index (κ3) is 5.04. The summed E-state index contributed by atoms with van der Waals surface area (Å²) in [6, 6.07) is 0. The van der Waals surface area contributed by atoms with Gasteiger partial charge < -0.3 is 15.3 Å². The molecule has 0 radical (unpaired) electrons. The summed E-state index contributed by atoms with van der Waals surface area (Å²) in [5.41, 5.74) is 0. The van der Waals surface area contributed by atoms with Crippen molar-refractivity contribution in [2.45, 2.75) is 32.1 Å². The predicted octanol–water partition coefficient (Wildman–Crippen LogP) is 0.293. The topological polar surface area (TPSA) is 55.8 Å². The molecule has 2 fully saturated rings. The number of aliphatic hydroxyl groups is 1. The highest BCUT2D eigenvalue weighted by Gasteiger charge is 2.20. The third-order valence-corrected chi connectivity index (χ3v) is 4.58. The SMILES string of the molecule is O=C(CCC1CCNCC1)N1CCCN(CCO)CC1. The number of nitrogens with one attached hydrogen (secondary N) is 1. The van der Waals surface area contributed by atoms with Crippen LogP contribution in [-0.2, 0) is 4.79 Å². The molecule has 0 saturated carbocycles. The van der Waals surface area contributed by atoms with Gasteiger partial charge >= 0.3 is 0 Å². The van der Waals surface area contributed by atoms with Crippen LogP contribution in [0.15, 0.2) is 0 Å². The molecule has 5 nitrogen and oxygen atoms in total. The molecule has 2 rings (SSSR count). The number of carbonyl (C=O) groups is 1. The molecular weight excluding hydrogens is 254 g/mol. The Hall–Kier alpha value is -0.650. The third-order valence-electron chi connectivity index (χ3n) is 4.58. The van der Waals surface area contributed by atoms with Crippen LogP contribution in [-0.4, -0.2) is 73.2 Å². The smallest absolute Gasteiger partial charge is 0.222 e. The second kappa shape index (κ2) is 8.60. The van der Waals surface area contributed by atoms with Crippen LogP contribution in [0, 0.1) is 5.92 Å². The van der Waals surface area contributed by atoms with Crippen LogP contribution in [0.2, 0.25) is 0 Å². The van der Waals surface area contributed by atoms with E-state index in [2.05, 4.69) is 10.2 Å². The Bertz CT molecular complexity index is 293. The molecule has 0 spiro atoms. The Balaban J connectivity index is 1.69. The van der Waals surface area contributed by atoms with Crippen LogP contribution < -0.4 is 5.32 Å². The summed E-state index contributed by atoms with van der Waals surface area (Å²) in [4.78, 5) is 16.6. The number of amides is 1. The molecule has 2 heterocycles. The molecule has 20 heavy (non-hydrogen) atoms. The van der Waals surface area contributed by atoms with Crippen LogP contribution in [0.3, 0.4) is 0 Å². The van der Waals surface area contributed by atoms with Gasteiger partial charge in [0.25, 0.3) is 0 Å². The minimum atomic E-state index is 0.212. The highest BCUT2D eigenvalue weighted by atomic mass is 16.3. The van der Waals surface area contributed by atoms with Crippen molar-refractivity contribution in [3.05, 3.63) is 0 Å². The average molecular weight is 283 g/mol. The van der Waals surface area contributed by atoms with E-state index in [4.69, 9.17) is 5.11 Å². The van der Waals surface area contributed by atoms with Gasteiger partial charge in [-0.25, -0.2) is 0 Å². The highest BCUT2D eigenvalue weighted by molar-refractivity contribution is 5.76. The zero-order valence-corrected chi connectivity index (χ0v) is 12.5. The summed E-state index contributed by atoms with van der Waals surface area (Å²) in [5.74, 6) is 1.06. The maximum Gasteiger partial charge on any atom is 0.222 e. The molecule has 0 bridgehead atoms. The van der Waals surface area contributed by atoms with Crippen molar-refractivity contribution in [1.29, 1.82) is 0 Å². The van der Waals surface area contributed by atoms with E-state index in [-0.39, 0.29) is 6.61 Å². The number of nitrogens with zero attached hydrogens (tertiary/aromatic N) is 2. The molecule has 2 N–H and O–H groups in total. The van der Waals surface area contributed by atoms with E-state index in [9.17, 15) is 4.79 Å². The first kappa shape index (κ1) is 15.7. The molecule has 0 aromatic carbocycles. The fraction of sp³-hybridized carbons (Fsp3) is 0.933. The normalized spacial score (nSPS) is 22.8. The van der Waals surface area contributed by atoms with E-state index >= 15 is 0 Å². The number of β-amino-alcohol motifs (C(OH)–C–C–N with tert-alkyl or cyclic N) is 1. The van der Waals surface area contributed by atoms with Gasteiger partial charge in [0.15, 0.2) is 0 Å². The summed E-state index contributed by atoms with van der Waals surface area (Å²) in [5, 5.41) is 12.4. The molecule has 0 aliphatic carbocycles. The van der Waals surface area contributed by atoms with Crippen molar-refractivity contribution in [3.63, 3.8) is 0 Å². The molecule has 116 valence electrons. The zero-order valence-electron chi connectivity index (χ0n) is 12.5.